The Kier molecular flexibility index (Phi) is 3.43. The summed E-state index contributed by atoms with van der Waals surface area (Å²) in [5.41, 5.74) is 1.22. The molecule has 6 heteroatoms. The van der Waals surface area contributed by atoms with Gasteiger partial charge in [0.25, 0.3) is 0 Å². The molecule has 0 saturated heterocycles. The number of aryl methyl sites for hydroxylation is 1. The van der Waals surface area contributed by atoms with E-state index in [2.05, 4.69) is 14.6 Å². The third-order valence-corrected chi connectivity index (χ3v) is 3.07. The van der Waals surface area contributed by atoms with Crippen molar-refractivity contribution in [2.75, 3.05) is 7.11 Å². The van der Waals surface area contributed by atoms with Crippen LogP contribution in [0.15, 0.2) is 18.5 Å². The van der Waals surface area contributed by atoms with Crippen LogP contribution in [0.3, 0.4) is 0 Å². The smallest absolute Gasteiger partial charge is 0.208 e. The van der Waals surface area contributed by atoms with Gasteiger partial charge in [-0.15, -0.1) is 5.10 Å². The Hall–Kier alpha value is -1.82. The monoisotopic (exact) mass is 249 g/mol. The summed E-state index contributed by atoms with van der Waals surface area (Å²) in [4.78, 5) is 16.7. The third kappa shape index (κ3) is 2.31. The molecule has 0 aliphatic carbocycles. The van der Waals surface area contributed by atoms with E-state index in [1.807, 2.05) is 6.92 Å². The minimum Gasteiger partial charge on any atom is -0.495 e. The number of ether oxygens (including phenoxy) is 1. The van der Waals surface area contributed by atoms with Crippen molar-refractivity contribution in [2.24, 2.45) is 0 Å². The average Bonchev–Trinajstić information content (AvgIpc) is 2.86. The zero-order valence-corrected chi connectivity index (χ0v) is 10.3. The maximum Gasteiger partial charge on any atom is 0.208 e. The van der Waals surface area contributed by atoms with Crippen LogP contribution in [-0.2, 0) is 6.42 Å². The Morgan fingerprint density at radius 2 is 2.29 bits per heavy atom. The number of aromatic nitrogens is 3. The Balaban J connectivity index is 2.36. The highest BCUT2D eigenvalue weighted by molar-refractivity contribution is 7.08. The first kappa shape index (κ1) is 11.7. The van der Waals surface area contributed by atoms with E-state index in [4.69, 9.17) is 4.74 Å². The summed E-state index contributed by atoms with van der Waals surface area (Å²) in [6.45, 7) is 1.94. The second kappa shape index (κ2) is 5.01. The van der Waals surface area contributed by atoms with Gasteiger partial charge in [0.2, 0.25) is 5.78 Å². The molecule has 0 atom stereocenters. The number of rotatable bonds is 4. The number of nitrogens with zero attached hydrogens (tertiary/aromatic N) is 3. The van der Waals surface area contributed by atoms with Gasteiger partial charge in [0.05, 0.1) is 19.0 Å². The van der Waals surface area contributed by atoms with Crippen LogP contribution in [0.2, 0.25) is 0 Å². The third-order valence-electron chi connectivity index (χ3n) is 2.31. The van der Waals surface area contributed by atoms with Crippen molar-refractivity contribution in [3.8, 4) is 5.75 Å². The van der Waals surface area contributed by atoms with E-state index in [9.17, 15) is 4.79 Å². The molecule has 5 nitrogen and oxygen atoms in total. The lowest BCUT2D eigenvalue weighted by atomic mass is 10.1. The van der Waals surface area contributed by atoms with Gasteiger partial charge >= 0.3 is 0 Å². The lowest BCUT2D eigenvalue weighted by molar-refractivity contribution is 0.104. The second-order valence-electron chi connectivity index (χ2n) is 3.34. The molecule has 88 valence electrons. The maximum atomic E-state index is 12.2. The second-order valence-corrected chi connectivity index (χ2v) is 4.10. The quantitative estimate of drug-likeness (QED) is 0.772. The van der Waals surface area contributed by atoms with Crippen LogP contribution >= 0.6 is 11.5 Å². The van der Waals surface area contributed by atoms with Crippen molar-refractivity contribution < 1.29 is 9.53 Å². The van der Waals surface area contributed by atoms with Crippen LogP contribution in [0.1, 0.15) is 27.9 Å². The Labute approximate surface area is 103 Å². The molecule has 0 fully saturated rings. The fourth-order valence-electron chi connectivity index (χ4n) is 1.40. The van der Waals surface area contributed by atoms with Crippen LogP contribution in [0.4, 0.5) is 0 Å². The van der Waals surface area contributed by atoms with Crippen molar-refractivity contribution in [3.05, 3.63) is 34.6 Å². The van der Waals surface area contributed by atoms with E-state index in [1.165, 1.54) is 13.3 Å². The van der Waals surface area contributed by atoms with Gasteiger partial charge in [-0.1, -0.05) is 11.4 Å². The summed E-state index contributed by atoms with van der Waals surface area (Å²) < 4.78 is 8.84. The molecule has 0 radical (unpaired) electrons. The van der Waals surface area contributed by atoms with Crippen molar-refractivity contribution >= 4 is 17.3 Å². The van der Waals surface area contributed by atoms with Gasteiger partial charge in [-0.3, -0.25) is 9.78 Å². The predicted molar refractivity (Wildman–Crippen MR) is 63.5 cm³/mol. The van der Waals surface area contributed by atoms with Gasteiger partial charge in [-0.05, 0) is 24.0 Å². The molecule has 0 aliphatic rings. The molecule has 0 N–H and O–H groups in total. The molecule has 0 unspecified atom stereocenters. The largest absolute Gasteiger partial charge is 0.495 e. The molecule has 0 spiro atoms. The zero-order chi connectivity index (χ0) is 12.3. The predicted octanol–water partition coefficient (Wildman–Crippen LogP) is 1.74. The molecule has 2 aromatic rings. The maximum absolute atomic E-state index is 12.2. The Morgan fingerprint density at radius 3 is 3.00 bits per heavy atom. The van der Waals surface area contributed by atoms with Crippen LogP contribution in [0.25, 0.3) is 0 Å². The highest BCUT2D eigenvalue weighted by Gasteiger charge is 2.17. The molecule has 0 bridgehead atoms. The summed E-state index contributed by atoms with van der Waals surface area (Å²) >= 11 is 1.11. The molecule has 0 aromatic carbocycles. The van der Waals surface area contributed by atoms with Crippen LogP contribution in [-0.4, -0.2) is 27.5 Å². The molecule has 2 heterocycles. The fourth-order valence-corrected chi connectivity index (χ4v) is 2.11. The number of pyridine rings is 1. The first-order valence-corrected chi connectivity index (χ1v) is 5.88. The van der Waals surface area contributed by atoms with E-state index in [0.29, 0.717) is 22.6 Å². The summed E-state index contributed by atoms with van der Waals surface area (Å²) in [6.07, 6.45) is 3.77. The molecule has 2 aromatic heterocycles. The Bertz CT molecular complexity index is 539. The molecular weight excluding hydrogens is 238 g/mol. The highest BCUT2D eigenvalue weighted by Crippen LogP contribution is 2.19. The minimum atomic E-state index is -0.108. The summed E-state index contributed by atoms with van der Waals surface area (Å²) in [6, 6.07) is 1.66. The summed E-state index contributed by atoms with van der Waals surface area (Å²) in [7, 11) is 1.54. The molecular formula is C11H11N3O2S. The van der Waals surface area contributed by atoms with E-state index < -0.39 is 0 Å². The molecule has 0 aliphatic heterocycles. The van der Waals surface area contributed by atoms with E-state index >= 15 is 0 Å². The van der Waals surface area contributed by atoms with E-state index in [0.717, 1.165) is 17.2 Å². The van der Waals surface area contributed by atoms with Gasteiger partial charge in [-0.25, -0.2) is 0 Å². The van der Waals surface area contributed by atoms with Gasteiger partial charge < -0.3 is 4.74 Å². The standard InChI is InChI=1S/C11H11N3O2S/c1-3-9-11(17-14-13-9)10(15)7-4-8(16-2)6-12-5-7/h4-6H,3H2,1-2H3. The molecule has 2 rings (SSSR count). The normalized spacial score (nSPS) is 10.2. The SMILES string of the molecule is CCc1nnsc1C(=O)c1cncc(OC)c1. The number of carbonyl (C=O) groups is 1. The number of ketones is 1. The summed E-state index contributed by atoms with van der Waals surface area (Å²) in [5.74, 6) is 0.453. The first-order valence-electron chi connectivity index (χ1n) is 5.11. The lowest BCUT2D eigenvalue weighted by Crippen LogP contribution is -2.03. The van der Waals surface area contributed by atoms with Gasteiger partial charge in [0.1, 0.15) is 10.6 Å². The minimum absolute atomic E-state index is 0.108. The van der Waals surface area contributed by atoms with Gasteiger partial charge in [0.15, 0.2) is 0 Å². The molecule has 17 heavy (non-hydrogen) atoms. The van der Waals surface area contributed by atoms with Gasteiger partial charge in [-0.2, -0.15) is 0 Å². The van der Waals surface area contributed by atoms with Crippen LogP contribution in [0.5, 0.6) is 5.75 Å². The van der Waals surface area contributed by atoms with Crippen molar-refractivity contribution in [2.45, 2.75) is 13.3 Å². The number of carbonyl (C=O) groups excluding carboxylic acids is 1. The summed E-state index contributed by atoms with van der Waals surface area (Å²) in [5, 5.41) is 3.92. The zero-order valence-electron chi connectivity index (χ0n) is 9.51. The fraction of sp³-hybridized carbons (Fsp3) is 0.273. The highest BCUT2D eigenvalue weighted by atomic mass is 32.1. The van der Waals surface area contributed by atoms with Crippen LogP contribution < -0.4 is 4.74 Å². The Morgan fingerprint density at radius 1 is 1.47 bits per heavy atom. The average molecular weight is 249 g/mol. The molecule has 0 saturated carbocycles. The number of methoxy groups -OCH3 is 1. The topological polar surface area (TPSA) is 65.0 Å². The lowest BCUT2D eigenvalue weighted by Gasteiger charge is -2.02. The van der Waals surface area contributed by atoms with E-state index in [-0.39, 0.29) is 5.78 Å². The number of hydrogen-bond acceptors (Lipinski definition) is 6. The van der Waals surface area contributed by atoms with Crippen LogP contribution in [0, 0.1) is 0 Å². The molecule has 0 amide bonds. The number of hydrogen-bond donors (Lipinski definition) is 0. The van der Waals surface area contributed by atoms with Gasteiger partial charge in [0, 0.05) is 11.8 Å². The van der Waals surface area contributed by atoms with Crippen molar-refractivity contribution in [3.63, 3.8) is 0 Å². The van der Waals surface area contributed by atoms with Crippen molar-refractivity contribution in [1.82, 2.24) is 14.6 Å². The first-order chi connectivity index (χ1) is 8.26. The van der Waals surface area contributed by atoms with E-state index in [1.54, 1.807) is 12.3 Å². The van der Waals surface area contributed by atoms with Crippen molar-refractivity contribution in [1.29, 1.82) is 0 Å².